The van der Waals surface area contributed by atoms with E-state index in [1.54, 1.807) is 44.2 Å². The van der Waals surface area contributed by atoms with E-state index in [0.717, 1.165) is 0 Å². The minimum atomic E-state index is -0.468. The summed E-state index contributed by atoms with van der Waals surface area (Å²) in [6.45, 7) is 4.95. The lowest BCUT2D eigenvalue weighted by molar-refractivity contribution is 0.101. The number of nitrogens with one attached hydrogen (secondary N) is 2. The standard InChI is InChI=1S/C16H16N2O3/c1-9-8-10(2)17-15(20)14(9)16(21)18-13-6-4-12(5-7-13)11(3)19/h4-8H,1-3H3,(H,17,20)(H,18,21). The second-order valence-electron chi connectivity index (χ2n) is 4.93. The van der Waals surface area contributed by atoms with Gasteiger partial charge in [0.15, 0.2) is 5.78 Å². The molecule has 0 atom stereocenters. The highest BCUT2D eigenvalue weighted by atomic mass is 16.2. The number of carbonyl (C=O) groups is 2. The minimum absolute atomic E-state index is 0.0429. The molecule has 1 amide bonds. The van der Waals surface area contributed by atoms with E-state index in [1.807, 2.05) is 0 Å². The molecule has 5 nitrogen and oxygen atoms in total. The van der Waals surface area contributed by atoms with Crippen LogP contribution in [0.2, 0.25) is 0 Å². The highest BCUT2D eigenvalue weighted by Gasteiger charge is 2.14. The Morgan fingerprint density at radius 2 is 1.71 bits per heavy atom. The average molecular weight is 284 g/mol. The molecule has 2 rings (SSSR count). The van der Waals surface area contributed by atoms with Crippen molar-refractivity contribution in [3.8, 4) is 0 Å². The number of ketones is 1. The molecule has 0 aliphatic carbocycles. The lowest BCUT2D eigenvalue weighted by Crippen LogP contribution is -2.25. The van der Waals surface area contributed by atoms with Crippen LogP contribution in [-0.4, -0.2) is 16.7 Å². The average Bonchev–Trinajstić information content (AvgIpc) is 2.37. The van der Waals surface area contributed by atoms with Crippen LogP contribution in [0.3, 0.4) is 0 Å². The zero-order valence-corrected chi connectivity index (χ0v) is 12.1. The number of hydrogen-bond donors (Lipinski definition) is 2. The van der Waals surface area contributed by atoms with Crippen LogP contribution in [0.5, 0.6) is 0 Å². The summed E-state index contributed by atoms with van der Waals surface area (Å²) in [6, 6.07) is 8.27. The van der Waals surface area contributed by atoms with Gasteiger partial charge in [-0.1, -0.05) is 0 Å². The van der Waals surface area contributed by atoms with Crippen LogP contribution >= 0.6 is 0 Å². The van der Waals surface area contributed by atoms with Crippen molar-refractivity contribution in [2.45, 2.75) is 20.8 Å². The normalized spacial score (nSPS) is 10.2. The lowest BCUT2D eigenvalue weighted by atomic mass is 10.1. The minimum Gasteiger partial charge on any atom is -0.326 e. The highest BCUT2D eigenvalue weighted by Crippen LogP contribution is 2.12. The summed E-state index contributed by atoms with van der Waals surface area (Å²) in [4.78, 5) is 37.9. The Bertz CT molecular complexity index is 758. The van der Waals surface area contributed by atoms with Gasteiger partial charge in [0.1, 0.15) is 5.56 Å². The van der Waals surface area contributed by atoms with Crippen molar-refractivity contribution in [1.29, 1.82) is 0 Å². The number of pyridine rings is 1. The summed E-state index contributed by atoms with van der Waals surface area (Å²) in [6.07, 6.45) is 0. The predicted octanol–water partition coefficient (Wildman–Crippen LogP) is 2.45. The number of aryl methyl sites for hydroxylation is 2. The fourth-order valence-corrected chi connectivity index (χ4v) is 2.12. The zero-order chi connectivity index (χ0) is 15.6. The maximum Gasteiger partial charge on any atom is 0.261 e. The van der Waals surface area contributed by atoms with Crippen LogP contribution in [0.15, 0.2) is 35.1 Å². The molecule has 0 aliphatic heterocycles. The van der Waals surface area contributed by atoms with Crippen LogP contribution in [0.25, 0.3) is 0 Å². The van der Waals surface area contributed by atoms with E-state index in [0.29, 0.717) is 22.5 Å². The Labute approximate surface area is 122 Å². The summed E-state index contributed by atoms with van der Waals surface area (Å²) in [5, 5.41) is 2.66. The Morgan fingerprint density at radius 3 is 2.24 bits per heavy atom. The summed E-state index contributed by atoms with van der Waals surface area (Å²) in [5.74, 6) is -0.511. The zero-order valence-electron chi connectivity index (χ0n) is 12.1. The van der Waals surface area contributed by atoms with E-state index >= 15 is 0 Å². The van der Waals surface area contributed by atoms with Gasteiger partial charge in [-0.3, -0.25) is 14.4 Å². The predicted molar refractivity (Wildman–Crippen MR) is 80.9 cm³/mol. The topological polar surface area (TPSA) is 79.0 Å². The first-order chi connectivity index (χ1) is 9.88. The van der Waals surface area contributed by atoms with E-state index in [1.165, 1.54) is 6.92 Å². The maximum atomic E-state index is 12.2. The van der Waals surface area contributed by atoms with Crippen LogP contribution in [-0.2, 0) is 0 Å². The smallest absolute Gasteiger partial charge is 0.261 e. The Hall–Kier alpha value is -2.69. The first-order valence-electron chi connectivity index (χ1n) is 6.51. The van der Waals surface area contributed by atoms with E-state index in [-0.39, 0.29) is 11.3 Å². The number of aromatic nitrogens is 1. The van der Waals surface area contributed by atoms with Crippen molar-refractivity contribution in [3.63, 3.8) is 0 Å². The van der Waals surface area contributed by atoms with E-state index in [4.69, 9.17) is 0 Å². The monoisotopic (exact) mass is 284 g/mol. The Balaban J connectivity index is 2.26. The third-order valence-corrected chi connectivity index (χ3v) is 3.14. The van der Waals surface area contributed by atoms with Crippen LogP contribution in [0, 0.1) is 13.8 Å². The number of Topliss-reactive ketones (excluding diaryl/α,β-unsaturated/α-hetero) is 1. The number of anilines is 1. The van der Waals surface area contributed by atoms with Gasteiger partial charge >= 0.3 is 0 Å². The highest BCUT2D eigenvalue weighted by molar-refractivity contribution is 6.05. The van der Waals surface area contributed by atoms with Gasteiger partial charge in [0.05, 0.1) is 0 Å². The van der Waals surface area contributed by atoms with Crippen molar-refractivity contribution in [1.82, 2.24) is 4.98 Å². The molecule has 108 valence electrons. The SMILES string of the molecule is CC(=O)c1ccc(NC(=O)c2c(C)cc(C)[nH]c2=O)cc1. The van der Waals surface area contributed by atoms with Gasteiger partial charge in [0.2, 0.25) is 0 Å². The van der Waals surface area contributed by atoms with Gasteiger partial charge in [-0.15, -0.1) is 0 Å². The molecule has 5 heteroatoms. The number of aromatic amines is 1. The van der Waals surface area contributed by atoms with Crippen molar-refractivity contribution >= 4 is 17.4 Å². The fraction of sp³-hybridized carbons (Fsp3) is 0.188. The molecule has 21 heavy (non-hydrogen) atoms. The summed E-state index contributed by atoms with van der Waals surface area (Å²) < 4.78 is 0. The molecule has 0 spiro atoms. The largest absolute Gasteiger partial charge is 0.326 e. The number of carbonyl (C=O) groups excluding carboxylic acids is 2. The van der Waals surface area contributed by atoms with E-state index < -0.39 is 11.5 Å². The number of hydrogen-bond acceptors (Lipinski definition) is 3. The van der Waals surface area contributed by atoms with Crippen molar-refractivity contribution in [3.05, 3.63) is 63.1 Å². The van der Waals surface area contributed by atoms with Gasteiger partial charge in [0.25, 0.3) is 11.5 Å². The van der Waals surface area contributed by atoms with Gasteiger partial charge in [-0.25, -0.2) is 0 Å². The summed E-state index contributed by atoms with van der Waals surface area (Å²) >= 11 is 0. The fourth-order valence-electron chi connectivity index (χ4n) is 2.12. The third kappa shape index (κ3) is 3.25. The van der Waals surface area contributed by atoms with E-state index in [2.05, 4.69) is 10.3 Å². The van der Waals surface area contributed by atoms with Gasteiger partial charge in [-0.2, -0.15) is 0 Å². The number of H-pyrrole nitrogens is 1. The van der Waals surface area contributed by atoms with Crippen molar-refractivity contribution in [2.24, 2.45) is 0 Å². The second kappa shape index (κ2) is 5.75. The molecule has 2 N–H and O–H groups in total. The second-order valence-corrected chi connectivity index (χ2v) is 4.93. The Kier molecular flexibility index (Phi) is 4.03. The van der Waals surface area contributed by atoms with Crippen LogP contribution < -0.4 is 10.9 Å². The molecule has 0 unspecified atom stereocenters. The molecule has 0 saturated heterocycles. The van der Waals surface area contributed by atoms with Crippen LogP contribution in [0.4, 0.5) is 5.69 Å². The third-order valence-electron chi connectivity index (χ3n) is 3.14. The quantitative estimate of drug-likeness (QED) is 0.850. The molecule has 0 fully saturated rings. The van der Waals surface area contributed by atoms with Gasteiger partial charge in [-0.05, 0) is 56.7 Å². The number of rotatable bonds is 3. The van der Waals surface area contributed by atoms with Crippen molar-refractivity contribution in [2.75, 3.05) is 5.32 Å². The molecule has 0 bridgehead atoms. The molecule has 1 aromatic carbocycles. The molecular formula is C16H16N2O3. The van der Waals surface area contributed by atoms with Crippen LogP contribution in [0.1, 0.15) is 38.9 Å². The molecule has 0 aliphatic rings. The molecule has 2 aromatic rings. The molecule has 1 heterocycles. The van der Waals surface area contributed by atoms with Gasteiger partial charge < -0.3 is 10.3 Å². The number of benzene rings is 1. The van der Waals surface area contributed by atoms with E-state index in [9.17, 15) is 14.4 Å². The molecule has 1 aromatic heterocycles. The van der Waals surface area contributed by atoms with Gasteiger partial charge in [0, 0.05) is 16.9 Å². The summed E-state index contributed by atoms with van der Waals surface area (Å²) in [7, 11) is 0. The lowest BCUT2D eigenvalue weighted by Gasteiger charge is -2.08. The molecule has 0 radical (unpaired) electrons. The van der Waals surface area contributed by atoms with Crippen molar-refractivity contribution < 1.29 is 9.59 Å². The first-order valence-corrected chi connectivity index (χ1v) is 6.51. The number of amides is 1. The Morgan fingerprint density at radius 1 is 1.10 bits per heavy atom. The summed E-state index contributed by atoms with van der Waals surface area (Å²) in [5.41, 5.74) is 2.11. The molecular weight excluding hydrogens is 268 g/mol. The molecule has 0 saturated carbocycles. The maximum absolute atomic E-state index is 12.2. The first kappa shape index (κ1) is 14.7.